The van der Waals surface area contributed by atoms with Crippen molar-refractivity contribution in [2.45, 2.75) is 6.92 Å². The molecule has 21 heavy (non-hydrogen) atoms. The maximum Gasteiger partial charge on any atom is 0.354 e. The van der Waals surface area contributed by atoms with Crippen LogP contribution in [-0.2, 0) is 0 Å². The summed E-state index contributed by atoms with van der Waals surface area (Å²) in [4.78, 5) is 12.3. The maximum absolute atomic E-state index is 11.4. The second kappa shape index (κ2) is 5.06. The molecule has 0 saturated heterocycles. The first kappa shape index (κ1) is 13.4. The molecule has 0 saturated carbocycles. The monoisotopic (exact) mass is 300 g/mol. The zero-order valence-electron chi connectivity index (χ0n) is 11.1. The van der Waals surface area contributed by atoms with Gasteiger partial charge >= 0.3 is 5.97 Å². The Morgan fingerprint density at radius 1 is 1.29 bits per heavy atom. The molecule has 1 aromatic carbocycles. The summed E-state index contributed by atoms with van der Waals surface area (Å²) in [6.07, 6.45) is 0. The van der Waals surface area contributed by atoms with Crippen LogP contribution in [0.15, 0.2) is 41.8 Å². The zero-order chi connectivity index (χ0) is 15.0. The third-order valence-electron chi connectivity index (χ3n) is 3.06. The van der Waals surface area contributed by atoms with E-state index in [9.17, 15) is 15.0 Å². The lowest BCUT2D eigenvalue weighted by atomic mass is 10.2. The van der Waals surface area contributed by atoms with Crippen LogP contribution in [-0.4, -0.2) is 26.0 Å². The standard InChI is InChI=1S/C15H12N2O3S/c1-9-4-5-11(13(18)7-9)17-12(15(19)20)8-10(16-17)14-3-2-6-21-14/h2-8,18H,1H3,(H,19,20). The average Bonchev–Trinajstić information content (AvgIpc) is 3.07. The van der Waals surface area contributed by atoms with Crippen LogP contribution in [0.4, 0.5) is 0 Å². The van der Waals surface area contributed by atoms with Crippen molar-refractivity contribution in [2.75, 3.05) is 0 Å². The molecule has 0 radical (unpaired) electrons. The molecule has 0 fully saturated rings. The van der Waals surface area contributed by atoms with Gasteiger partial charge in [-0.3, -0.25) is 0 Å². The number of phenols is 1. The van der Waals surface area contributed by atoms with Crippen LogP contribution in [0.2, 0.25) is 0 Å². The Bertz CT molecular complexity index is 806. The number of hydrogen-bond donors (Lipinski definition) is 2. The summed E-state index contributed by atoms with van der Waals surface area (Å²) >= 11 is 1.48. The van der Waals surface area contributed by atoms with Gasteiger partial charge in [0, 0.05) is 6.07 Å². The van der Waals surface area contributed by atoms with E-state index in [1.54, 1.807) is 18.2 Å². The van der Waals surface area contributed by atoms with Crippen molar-refractivity contribution < 1.29 is 15.0 Å². The largest absolute Gasteiger partial charge is 0.506 e. The molecule has 5 nitrogen and oxygen atoms in total. The van der Waals surface area contributed by atoms with Gasteiger partial charge in [-0.2, -0.15) is 5.10 Å². The highest BCUT2D eigenvalue weighted by Crippen LogP contribution is 2.29. The van der Waals surface area contributed by atoms with Gasteiger partial charge in [-0.15, -0.1) is 11.3 Å². The van der Waals surface area contributed by atoms with Gasteiger partial charge in [0.25, 0.3) is 0 Å². The number of aryl methyl sites for hydroxylation is 1. The lowest BCUT2D eigenvalue weighted by Crippen LogP contribution is -2.08. The fourth-order valence-corrected chi connectivity index (χ4v) is 2.76. The van der Waals surface area contributed by atoms with Crippen LogP contribution in [0.1, 0.15) is 16.1 Å². The maximum atomic E-state index is 11.4. The van der Waals surface area contributed by atoms with Crippen molar-refractivity contribution in [1.82, 2.24) is 9.78 Å². The van der Waals surface area contributed by atoms with Gasteiger partial charge in [0.1, 0.15) is 17.1 Å². The van der Waals surface area contributed by atoms with Gasteiger partial charge in [0.2, 0.25) is 0 Å². The second-order valence-corrected chi connectivity index (χ2v) is 5.55. The molecular weight excluding hydrogens is 288 g/mol. The first-order valence-electron chi connectivity index (χ1n) is 6.23. The van der Waals surface area contributed by atoms with Gasteiger partial charge in [0.05, 0.1) is 4.88 Å². The molecule has 0 atom stereocenters. The Morgan fingerprint density at radius 3 is 2.71 bits per heavy atom. The summed E-state index contributed by atoms with van der Waals surface area (Å²) in [6, 6.07) is 10.3. The van der Waals surface area contributed by atoms with Gasteiger partial charge in [-0.05, 0) is 36.1 Å². The SMILES string of the molecule is Cc1ccc(-n2nc(-c3cccs3)cc2C(=O)O)c(O)c1. The number of aromatic carboxylic acids is 1. The van der Waals surface area contributed by atoms with Crippen LogP contribution in [0.3, 0.4) is 0 Å². The van der Waals surface area contributed by atoms with Crippen molar-refractivity contribution in [1.29, 1.82) is 0 Å². The van der Waals surface area contributed by atoms with E-state index in [0.717, 1.165) is 10.4 Å². The highest BCUT2D eigenvalue weighted by Gasteiger charge is 2.19. The Labute approximate surface area is 124 Å². The topological polar surface area (TPSA) is 75.4 Å². The molecule has 6 heteroatoms. The summed E-state index contributed by atoms with van der Waals surface area (Å²) in [5, 5.41) is 25.6. The van der Waals surface area contributed by atoms with E-state index in [4.69, 9.17) is 0 Å². The number of nitrogens with zero attached hydrogens (tertiary/aromatic N) is 2. The predicted molar refractivity (Wildman–Crippen MR) is 80.2 cm³/mol. The molecule has 106 valence electrons. The molecule has 2 aromatic heterocycles. The van der Waals surface area contributed by atoms with Crippen LogP contribution < -0.4 is 0 Å². The number of carboxylic acids is 1. The number of aromatic hydroxyl groups is 1. The molecule has 3 aromatic rings. The highest BCUT2D eigenvalue weighted by atomic mass is 32.1. The number of carboxylic acid groups (broad SMARTS) is 1. The Balaban J connectivity index is 2.19. The van der Waals surface area contributed by atoms with Crippen molar-refractivity contribution in [3.05, 3.63) is 53.0 Å². The molecule has 0 spiro atoms. The van der Waals surface area contributed by atoms with Gasteiger partial charge in [-0.1, -0.05) is 12.1 Å². The van der Waals surface area contributed by atoms with E-state index < -0.39 is 5.97 Å². The normalized spacial score (nSPS) is 10.7. The lowest BCUT2D eigenvalue weighted by Gasteiger charge is -2.07. The van der Waals surface area contributed by atoms with Gasteiger partial charge in [-0.25, -0.2) is 9.48 Å². The van der Waals surface area contributed by atoms with E-state index in [-0.39, 0.29) is 11.4 Å². The first-order chi connectivity index (χ1) is 10.1. The molecule has 0 unspecified atom stereocenters. The second-order valence-electron chi connectivity index (χ2n) is 4.60. The number of benzene rings is 1. The summed E-state index contributed by atoms with van der Waals surface area (Å²) in [5.74, 6) is -1.09. The zero-order valence-corrected chi connectivity index (χ0v) is 12.0. The fourth-order valence-electron chi connectivity index (χ4n) is 2.07. The van der Waals surface area contributed by atoms with Crippen LogP contribution in [0.5, 0.6) is 5.75 Å². The van der Waals surface area contributed by atoms with E-state index in [0.29, 0.717) is 11.4 Å². The number of carbonyl (C=O) groups is 1. The molecule has 0 aliphatic carbocycles. The van der Waals surface area contributed by atoms with Crippen molar-refractivity contribution in [3.63, 3.8) is 0 Å². The molecule has 0 aliphatic heterocycles. The minimum absolute atomic E-state index is 0.00155. The number of phenolic OH excluding ortho intramolecular Hbond substituents is 1. The predicted octanol–water partition coefficient (Wildman–Crippen LogP) is 3.31. The average molecular weight is 300 g/mol. The molecule has 3 rings (SSSR count). The minimum Gasteiger partial charge on any atom is -0.506 e. The van der Waals surface area contributed by atoms with Crippen molar-refractivity contribution >= 4 is 17.3 Å². The molecular formula is C15H12N2O3S. The van der Waals surface area contributed by atoms with Crippen molar-refractivity contribution in [3.8, 4) is 22.0 Å². The third-order valence-corrected chi connectivity index (χ3v) is 3.95. The van der Waals surface area contributed by atoms with Crippen LogP contribution in [0.25, 0.3) is 16.3 Å². The van der Waals surface area contributed by atoms with E-state index in [2.05, 4.69) is 5.10 Å². The number of hydrogen-bond acceptors (Lipinski definition) is 4. The Kier molecular flexibility index (Phi) is 3.23. The van der Waals surface area contributed by atoms with E-state index in [1.165, 1.54) is 22.1 Å². The van der Waals surface area contributed by atoms with Gasteiger partial charge in [0.15, 0.2) is 5.69 Å². The molecule has 0 bridgehead atoms. The van der Waals surface area contributed by atoms with Crippen molar-refractivity contribution in [2.24, 2.45) is 0 Å². The molecule has 2 N–H and O–H groups in total. The smallest absolute Gasteiger partial charge is 0.354 e. The first-order valence-corrected chi connectivity index (χ1v) is 7.11. The highest BCUT2D eigenvalue weighted by molar-refractivity contribution is 7.13. The molecule has 0 aliphatic rings. The summed E-state index contributed by atoms with van der Waals surface area (Å²) in [5.41, 5.74) is 1.82. The molecule has 2 heterocycles. The summed E-state index contributed by atoms with van der Waals surface area (Å²) in [7, 11) is 0. The number of rotatable bonds is 3. The van der Waals surface area contributed by atoms with E-state index >= 15 is 0 Å². The van der Waals surface area contributed by atoms with Gasteiger partial charge < -0.3 is 10.2 Å². The summed E-state index contributed by atoms with van der Waals surface area (Å²) in [6.45, 7) is 1.85. The van der Waals surface area contributed by atoms with E-state index in [1.807, 2.05) is 24.4 Å². The number of thiophene rings is 1. The third kappa shape index (κ3) is 2.41. The lowest BCUT2D eigenvalue weighted by molar-refractivity contribution is 0.0687. The van der Waals surface area contributed by atoms with Crippen LogP contribution >= 0.6 is 11.3 Å². The fraction of sp³-hybridized carbons (Fsp3) is 0.0667. The van der Waals surface area contributed by atoms with Crippen LogP contribution in [0, 0.1) is 6.92 Å². The Morgan fingerprint density at radius 2 is 2.10 bits per heavy atom. The quantitative estimate of drug-likeness (QED) is 0.778. The number of aromatic nitrogens is 2. The Hall–Kier alpha value is -2.60. The molecule has 0 amide bonds. The summed E-state index contributed by atoms with van der Waals surface area (Å²) < 4.78 is 1.26. The minimum atomic E-state index is -1.09.